The Morgan fingerprint density at radius 1 is 1.03 bits per heavy atom. The summed E-state index contributed by atoms with van der Waals surface area (Å²) in [7, 11) is 0. The number of aromatic amines is 1. The van der Waals surface area contributed by atoms with Gasteiger partial charge in [0.25, 0.3) is 5.91 Å². The Morgan fingerprint density at radius 2 is 1.82 bits per heavy atom. The molecule has 5 rings (SSSR count). The van der Waals surface area contributed by atoms with Gasteiger partial charge in [-0.1, -0.05) is 36.4 Å². The molecule has 0 radical (unpaired) electrons. The second-order valence-electron chi connectivity index (χ2n) is 8.59. The van der Waals surface area contributed by atoms with E-state index in [1.165, 1.54) is 4.90 Å². The molecule has 0 atom stereocenters. The van der Waals surface area contributed by atoms with Crippen molar-refractivity contribution in [3.63, 3.8) is 0 Å². The van der Waals surface area contributed by atoms with Crippen LogP contribution in [0.5, 0.6) is 0 Å². The fraction of sp³-hybridized carbons (Fsp3) is 0.148. The minimum Gasteiger partial charge on any atom is -0.465 e. The molecule has 3 aromatic carbocycles. The number of nitrogens with one attached hydrogen (secondary N) is 1. The molecule has 34 heavy (non-hydrogen) atoms. The summed E-state index contributed by atoms with van der Waals surface area (Å²) in [6.45, 7) is 2.71. The van der Waals surface area contributed by atoms with Crippen LogP contribution >= 0.6 is 0 Å². The third kappa shape index (κ3) is 3.61. The molecule has 4 N–H and O–H groups in total. The normalized spacial score (nSPS) is 13.8. The van der Waals surface area contributed by atoms with Crippen molar-refractivity contribution in [3.8, 4) is 11.1 Å². The van der Waals surface area contributed by atoms with Crippen molar-refractivity contribution >= 4 is 45.7 Å². The molecule has 0 saturated carbocycles. The Bertz CT molecular complexity index is 1530. The van der Waals surface area contributed by atoms with E-state index in [0.717, 1.165) is 50.4 Å². The lowest BCUT2D eigenvalue weighted by molar-refractivity contribution is 0.100. The number of H-pyrrole nitrogens is 1. The molecule has 2 heterocycles. The summed E-state index contributed by atoms with van der Waals surface area (Å²) in [6, 6.07) is 15.5. The van der Waals surface area contributed by atoms with Gasteiger partial charge in [0.1, 0.15) is 6.29 Å². The molecular weight excluding hydrogens is 430 g/mol. The van der Waals surface area contributed by atoms with Crippen LogP contribution in [0.15, 0.2) is 54.6 Å². The lowest BCUT2D eigenvalue weighted by atomic mass is 9.95. The van der Waals surface area contributed by atoms with Crippen LogP contribution in [0.1, 0.15) is 38.3 Å². The zero-order chi connectivity index (χ0) is 24.0. The molecular formula is C27H23N3O4. The number of nitrogens with zero attached hydrogens (tertiary/aromatic N) is 1. The second kappa shape index (κ2) is 8.19. The number of carbonyl (C=O) groups is 3. The number of nitrogens with two attached hydrogens (primary N) is 1. The smallest absolute Gasteiger partial charge is 0.407 e. The number of rotatable bonds is 4. The van der Waals surface area contributed by atoms with Gasteiger partial charge in [-0.3, -0.25) is 9.59 Å². The van der Waals surface area contributed by atoms with Crippen LogP contribution < -0.4 is 5.73 Å². The van der Waals surface area contributed by atoms with Crippen LogP contribution in [0.25, 0.3) is 38.5 Å². The largest absolute Gasteiger partial charge is 0.465 e. The fourth-order valence-electron chi connectivity index (χ4n) is 4.66. The molecule has 0 aliphatic carbocycles. The minimum absolute atomic E-state index is 0.368. The van der Waals surface area contributed by atoms with E-state index in [4.69, 9.17) is 5.73 Å². The standard InChI is InChI=1S/C27H23N3O4/c1-15-10-17(2-3-19(15)14-31)20-11-22-21-5-4-18(16-6-8-30(9-7-16)27(33)34)13-24(21)29-25(22)23(12-20)26(28)32/h2-6,10-14,29H,7-9H2,1H3,(H2,28,32)(H,33,34). The van der Waals surface area contributed by atoms with E-state index >= 15 is 0 Å². The van der Waals surface area contributed by atoms with Gasteiger partial charge >= 0.3 is 6.09 Å². The van der Waals surface area contributed by atoms with Crippen molar-refractivity contribution < 1.29 is 19.5 Å². The Labute approximate surface area is 195 Å². The number of aromatic nitrogens is 1. The SMILES string of the molecule is Cc1cc(-c2cc(C(N)=O)c3[nH]c4cc(C5=CCN(C(=O)O)CC5)ccc4c3c2)ccc1C=O. The van der Waals surface area contributed by atoms with Crippen LogP contribution in [-0.2, 0) is 0 Å². The molecule has 0 unspecified atom stereocenters. The highest BCUT2D eigenvalue weighted by molar-refractivity contribution is 6.16. The summed E-state index contributed by atoms with van der Waals surface area (Å²) >= 11 is 0. The number of aryl methyl sites for hydroxylation is 1. The number of carboxylic acid groups (broad SMARTS) is 1. The number of carbonyl (C=O) groups excluding carboxylic acids is 2. The topological polar surface area (TPSA) is 116 Å². The van der Waals surface area contributed by atoms with Gasteiger partial charge in [0, 0.05) is 34.9 Å². The molecule has 0 fully saturated rings. The van der Waals surface area contributed by atoms with Crippen LogP contribution in [0.2, 0.25) is 0 Å². The molecule has 0 spiro atoms. The van der Waals surface area contributed by atoms with Crippen molar-refractivity contribution in [2.24, 2.45) is 5.73 Å². The summed E-state index contributed by atoms with van der Waals surface area (Å²) in [5.74, 6) is -0.524. The van der Waals surface area contributed by atoms with Gasteiger partial charge in [-0.25, -0.2) is 4.79 Å². The Hall–Kier alpha value is -4.39. The van der Waals surface area contributed by atoms with Crippen LogP contribution in [-0.4, -0.2) is 46.4 Å². The van der Waals surface area contributed by atoms with Gasteiger partial charge in [-0.05, 0) is 59.4 Å². The van der Waals surface area contributed by atoms with E-state index in [2.05, 4.69) is 4.98 Å². The first-order valence-corrected chi connectivity index (χ1v) is 11.0. The molecule has 170 valence electrons. The molecule has 7 nitrogen and oxygen atoms in total. The van der Waals surface area contributed by atoms with E-state index in [1.807, 2.05) is 49.4 Å². The summed E-state index contributed by atoms with van der Waals surface area (Å²) in [5, 5.41) is 11.0. The zero-order valence-corrected chi connectivity index (χ0v) is 18.6. The number of fused-ring (bicyclic) bond motifs is 3. The van der Waals surface area contributed by atoms with Crippen molar-refractivity contribution in [2.75, 3.05) is 13.1 Å². The molecule has 0 bridgehead atoms. The molecule has 0 saturated heterocycles. The van der Waals surface area contributed by atoms with E-state index in [9.17, 15) is 19.5 Å². The van der Waals surface area contributed by atoms with Crippen molar-refractivity contribution in [1.82, 2.24) is 9.88 Å². The number of benzene rings is 3. The number of amides is 2. The Balaban J connectivity index is 1.63. The molecule has 1 aromatic heterocycles. The quantitative estimate of drug-likeness (QED) is 0.378. The summed E-state index contributed by atoms with van der Waals surface area (Å²) in [6.07, 6.45) is 2.51. The van der Waals surface area contributed by atoms with E-state index in [-0.39, 0.29) is 0 Å². The average Bonchev–Trinajstić information content (AvgIpc) is 3.21. The highest BCUT2D eigenvalue weighted by Crippen LogP contribution is 2.35. The van der Waals surface area contributed by atoms with Crippen molar-refractivity contribution in [1.29, 1.82) is 0 Å². The maximum Gasteiger partial charge on any atom is 0.407 e. The first-order valence-electron chi connectivity index (χ1n) is 11.0. The minimum atomic E-state index is -0.910. The number of hydrogen-bond donors (Lipinski definition) is 3. The molecule has 1 aliphatic heterocycles. The maximum atomic E-state index is 12.3. The Morgan fingerprint density at radius 3 is 2.47 bits per heavy atom. The third-order valence-corrected chi connectivity index (χ3v) is 6.55. The van der Waals surface area contributed by atoms with Crippen LogP contribution in [0.4, 0.5) is 4.79 Å². The summed E-state index contributed by atoms with van der Waals surface area (Å²) in [4.78, 5) is 39.5. The van der Waals surface area contributed by atoms with Gasteiger partial charge in [-0.2, -0.15) is 0 Å². The fourth-order valence-corrected chi connectivity index (χ4v) is 4.66. The molecule has 2 amide bonds. The van der Waals surface area contributed by atoms with E-state index < -0.39 is 12.0 Å². The van der Waals surface area contributed by atoms with Crippen molar-refractivity contribution in [2.45, 2.75) is 13.3 Å². The monoisotopic (exact) mass is 453 g/mol. The lowest BCUT2D eigenvalue weighted by Gasteiger charge is -2.23. The lowest BCUT2D eigenvalue weighted by Crippen LogP contribution is -2.33. The maximum absolute atomic E-state index is 12.3. The summed E-state index contributed by atoms with van der Waals surface area (Å²) < 4.78 is 0. The van der Waals surface area contributed by atoms with Gasteiger partial charge in [0.05, 0.1) is 11.1 Å². The Kier molecular flexibility index (Phi) is 5.17. The highest BCUT2D eigenvalue weighted by Gasteiger charge is 2.19. The van der Waals surface area contributed by atoms with E-state index in [1.54, 1.807) is 12.1 Å². The average molecular weight is 453 g/mol. The first kappa shape index (κ1) is 21.5. The van der Waals surface area contributed by atoms with Crippen molar-refractivity contribution in [3.05, 3.63) is 76.9 Å². The number of primary amides is 1. The highest BCUT2D eigenvalue weighted by atomic mass is 16.4. The van der Waals surface area contributed by atoms with E-state index in [0.29, 0.717) is 36.2 Å². The number of aldehydes is 1. The predicted octanol–water partition coefficient (Wildman–Crippen LogP) is 4.98. The predicted molar refractivity (Wildman–Crippen MR) is 132 cm³/mol. The van der Waals surface area contributed by atoms with Crippen LogP contribution in [0, 0.1) is 6.92 Å². The number of hydrogen-bond acceptors (Lipinski definition) is 3. The third-order valence-electron chi connectivity index (χ3n) is 6.55. The second-order valence-corrected chi connectivity index (χ2v) is 8.59. The van der Waals surface area contributed by atoms with Gasteiger partial charge in [-0.15, -0.1) is 0 Å². The zero-order valence-electron chi connectivity index (χ0n) is 18.6. The summed E-state index contributed by atoms with van der Waals surface area (Å²) in [5.41, 5.74) is 13.0. The molecule has 4 aromatic rings. The van der Waals surface area contributed by atoms with Gasteiger partial charge < -0.3 is 20.7 Å². The molecule has 1 aliphatic rings. The van der Waals surface area contributed by atoms with Gasteiger partial charge in [0.15, 0.2) is 0 Å². The first-order chi connectivity index (χ1) is 16.4. The molecule has 7 heteroatoms. The van der Waals surface area contributed by atoms with Gasteiger partial charge in [0.2, 0.25) is 0 Å². The van der Waals surface area contributed by atoms with Crippen LogP contribution in [0.3, 0.4) is 0 Å².